The van der Waals surface area contributed by atoms with E-state index in [1.54, 1.807) is 0 Å². The molecule has 210 valence electrons. The Morgan fingerprint density at radius 1 is 0.244 bits per heavy atom. The van der Waals surface area contributed by atoms with Crippen LogP contribution in [0.3, 0.4) is 0 Å². The van der Waals surface area contributed by atoms with E-state index in [1.807, 2.05) is 0 Å². The Balaban J connectivity index is 1.26. The summed E-state index contributed by atoms with van der Waals surface area (Å²) in [6.07, 6.45) is 0. The molecule has 0 N–H and O–H groups in total. The van der Waals surface area contributed by atoms with Gasteiger partial charge in [-0.05, 0) is 90.3 Å². The lowest BCUT2D eigenvalue weighted by atomic mass is 9.85. The zero-order valence-electron chi connectivity index (χ0n) is 24.6. The zero-order valence-corrected chi connectivity index (χ0v) is 24.6. The van der Waals surface area contributed by atoms with Crippen LogP contribution in [0.1, 0.15) is 0 Å². The molecule has 1 heterocycles. The van der Waals surface area contributed by atoms with Gasteiger partial charge in [0, 0.05) is 10.8 Å². The summed E-state index contributed by atoms with van der Waals surface area (Å²) in [5, 5.41) is 7.27. The molecule has 0 aliphatic carbocycles. The van der Waals surface area contributed by atoms with Gasteiger partial charge in [-0.2, -0.15) is 0 Å². The molecule has 9 aromatic rings. The Hall–Kier alpha value is -5.92. The molecule has 0 bridgehead atoms. The van der Waals surface area contributed by atoms with Gasteiger partial charge < -0.3 is 4.42 Å². The quantitative estimate of drug-likeness (QED) is 0.191. The molecule has 0 radical (unpaired) electrons. The molecule has 1 heteroatoms. The van der Waals surface area contributed by atoms with Gasteiger partial charge in [0.15, 0.2) is 0 Å². The van der Waals surface area contributed by atoms with Crippen LogP contribution in [0.25, 0.3) is 88.0 Å². The smallest absolute Gasteiger partial charge is 0.135 e. The van der Waals surface area contributed by atoms with Crippen LogP contribution in [0.5, 0.6) is 0 Å². The van der Waals surface area contributed by atoms with E-state index < -0.39 is 0 Å². The van der Waals surface area contributed by atoms with Gasteiger partial charge in [-0.15, -0.1) is 0 Å². The van der Waals surface area contributed by atoms with Crippen molar-refractivity contribution in [1.82, 2.24) is 0 Å². The van der Waals surface area contributed by atoms with Crippen LogP contribution in [0, 0.1) is 0 Å². The molecule has 1 nitrogen and oxygen atoms in total. The van der Waals surface area contributed by atoms with Gasteiger partial charge in [0.2, 0.25) is 0 Å². The summed E-state index contributed by atoms with van der Waals surface area (Å²) in [7, 11) is 0. The molecule has 0 aliphatic rings. The van der Waals surface area contributed by atoms with Crippen LogP contribution in [-0.4, -0.2) is 0 Å². The molecule has 9 rings (SSSR count). The highest BCUT2D eigenvalue weighted by atomic mass is 16.3. The maximum atomic E-state index is 6.33. The minimum Gasteiger partial charge on any atom is -0.456 e. The predicted molar refractivity (Wildman–Crippen MR) is 190 cm³/mol. The van der Waals surface area contributed by atoms with Gasteiger partial charge in [-0.25, -0.2) is 0 Å². The largest absolute Gasteiger partial charge is 0.456 e. The molecule has 8 aromatic carbocycles. The summed E-state index contributed by atoms with van der Waals surface area (Å²) in [6.45, 7) is 0. The van der Waals surface area contributed by atoms with Crippen LogP contribution in [0.2, 0.25) is 0 Å². The fourth-order valence-corrected chi connectivity index (χ4v) is 6.95. The van der Waals surface area contributed by atoms with E-state index in [9.17, 15) is 0 Å². The Morgan fingerprint density at radius 2 is 0.600 bits per heavy atom. The Kier molecular flexibility index (Phi) is 5.89. The van der Waals surface area contributed by atoms with Crippen molar-refractivity contribution in [2.24, 2.45) is 0 Å². The maximum absolute atomic E-state index is 6.33. The van der Waals surface area contributed by atoms with Gasteiger partial charge >= 0.3 is 0 Å². The Bertz CT molecular complexity index is 2450. The highest BCUT2D eigenvalue weighted by Gasteiger charge is 2.18. The summed E-state index contributed by atoms with van der Waals surface area (Å²) < 4.78 is 6.33. The second-order valence-electron chi connectivity index (χ2n) is 11.7. The molecule has 0 saturated heterocycles. The maximum Gasteiger partial charge on any atom is 0.135 e. The highest BCUT2D eigenvalue weighted by molar-refractivity contribution is 6.22. The number of fused-ring (bicyclic) bond motifs is 5. The van der Waals surface area contributed by atoms with Crippen molar-refractivity contribution in [3.63, 3.8) is 0 Å². The fraction of sp³-hybridized carbons (Fsp3) is 0. The van der Waals surface area contributed by atoms with Crippen molar-refractivity contribution in [2.75, 3.05) is 0 Å². The first kappa shape index (κ1) is 25.6. The third-order valence-corrected chi connectivity index (χ3v) is 9.08. The van der Waals surface area contributed by atoms with Crippen molar-refractivity contribution >= 4 is 43.5 Å². The summed E-state index contributed by atoms with van der Waals surface area (Å²) in [6, 6.07) is 61.0. The van der Waals surface area contributed by atoms with E-state index in [4.69, 9.17) is 4.42 Å². The molecule has 0 spiro atoms. The van der Waals surface area contributed by atoms with Gasteiger partial charge in [0.05, 0.1) is 0 Å². The predicted octanol–water partition coefficient (Wildman–Crippen LogP) is 12.6. The second kappa shape index (κ2) is 10.4. The van der Waals surface area contributed by atoms with Crippen LogP contribution >= 0.6 is 0 Å². The molecule has 0 atom stereocenters. The first-order chi connectivity index (χ1) is 22.3. The number of hydrogen-bond acceptors (Lipinski definition) is 1. The molecule has 0 saturated carbocycles. The normalized spacial score (nSPS) is 11.6. The summed E-state index contributed by atoms with van der Waals surface area (Å²) in [5.41, 5.74) is 11.6. The zero-order chi connectivity index (χ0) is 29.7. The number of rotatable bonds is 4. The van der Waals surface area contributed by atoms with Gasteiger partial charge in [0.25, 0.3) is 0 Å². The van der Waals surface area contributed by atoms with Crippen molar-refractivity contribution in [2.45, 2.75) is 0 Å². The first-order valence-electron chi connectivity index (χ1n) is 15.4. The lowest BCUT2D eigenvalue weighted by Crippen LogP contribution is -1.91. The lowest BCUT2D eigenvalue weighted by Gasteiger charge is -2.18. The third-order valence-electron chi connectivity index (χ3n) is 9.08. The summed E-state index contributed by atoms with van der Waals surface area (Å²) >= 11 is 0. The lowest BCUT2D eigenvalue weighted by molar-refractivity contribution is 0.669. The summed E-state index contributed by atoms with van der Waals surface area (Å²) in [5.74, 6) is 0. The molecule has 0 aliphatic heterocycles. The molecule has 0 amide bonds. The van der Waals surface area contributed by atoms with Crippen LogP contribution in [0.4, 0.5) is 0 Å². The first-order valence-corrected chi connectivity index (χ1v) is 15.4. The summed E-state index contributed by atoms with van der Waals surface area (Å²) in [4.78, 5) is 0. The van der Waals surface area contributed by atoms with E-state index in [0.717, 1.165) is 21.9 Å². The van der Waals surface area contributed by atoms with Crippen molar-refractivity contribution < 1.29 is 4.42 Å². The minimum absolute atomic E-state index is 0.905. The average Bonchev–Trinajstić information content (AvgIpc) is 3.48. The minimum atomic E-state index is 0.905. The van der Waals surface area contributed by atoms with Gasteiger partial charge in [-0.3, -0.25) is 0 Å². The molecular weight excluding hydrogens is 544 g/mol. The third kappa shape index (κ3) is 4.24. The van der Waals surface area contributed by atoms with E-state index in [2.05, 4.69) is 170 Å². The fourth-order valence-electron chi connectivity index (χ4n) is 6.95. The van der Waals surface area contributed by atoms with Crippen LogP contribution < -0.4 is 0 Å². The van der Waals surface area contributed by atoms with E-state index in [-0.39, 0.29) is 0 Å². The topological polar surface area (TPSA) is 13.1 Å². The molecule has 0 unspecified atom stereocenters. The molecule has 45 heavy (non-hydrogen) atoms. The second-order valence-corrected chi connectivity index (χ2v) is 11.7. The SMILES string of the molecule is c1ccc(-c2ccc(-c3c4ccccc4c(-c4ccc5oc6ccc(-c7ccccc7)cc6c5c4)c4ccccc34)cc2)cc1. The average molecular weight is 573 g/mol. The van der Waals surface area contributed by atoms with Crippen molar-refractivity contribution in [3.05, 3.63) is 170 Å². The van der Waals surface area contributed by atoms with E-state index in [0.29, 0.717) is 0 Å². The molecular formula is C44H28O. The number of hydrogen-bond donors (Lipinski definition) is 0. The van der Waals surface area contributed by atoms with Gasteiger partial charge in [-0.1, -0.05) is 146 Å². The number of benzene rings is 8. The number of furan rings is 1. The molecule has 0 fully saturated rings. The van der Waals surface area contributed by atoms with E-state index >= 15 is 0 Å². The van der Waals surface area contributed by atoms with E-state index in [1.165, 1.54) is 66.1 Å². The van der Waals surface area contributed by atoms with Crippen LogP contribution in [0.15, 0.2) is 174 Å². The monoisotopic (exact) mass is 572 g/mol. The van der Waals surface area contributed by atoms with Crippen molar-refractivity contribution in [1.29, 1.82) is 0 Å². The Labute approximate surface area is 261 Å². The van der Waals surface area contributed by atoms with Gasteiger partial charge in [0.1, 0.15) is 11.2 Å². The molecule has 1 aromatic heterocycles. The highest BCUT2D eigenvalue weighted by Crippen LogP contribution is 2.45. The Morgan fingerprint density at radius 3 is 1.13 bits per heavy atom. The standard InChI is InChI=1S/C44H28O/c1-3-11-29(12-4-1)31-19-21-32(22-20-31)43-35-15-7-9-17-37(35)44(38-18-10-8-16-36(38)43)34-24-26-42-40(28-34)39-27-33(23-25-41(39)45-42)30-13-5-2-6-14-30/h1-28H. The van der Waals surface area contributed by atoms with Crippen molar-refractivity contribution in [3.8, 4) is 44.5 Å². The van der Waals surface area contributed by atoms with Crippen LogP contribution in [-0.2, 0) is 0 Å².